The third-order valence-electron chi connectivity index (χ3n) is 3.06. The molecule has 1 atom stereocenters. The molecule has 0 aromatic heterocycles. The van der Waals surface area contributed by atoms with Gasteiger partial charge in [-0.3, -0.25) is 0 Å². The Morgan fingerprint density at radius 1 is 1.21 bits per heavy atom. The maximum absolute atomic E-state index is 11.2. The Labute approximate surface area is 120 Å². The van der Waals surface area contributed by atoms with E-state index in [9.17, 15) is 8.42 Å². The molecule has 1 rings (SSSR count). The van der Waals surface area contributed by atoms with Crippen molar-refractivity contribution in [3.8, 4) is 0 Å². The van der Waals surface area contributed by atoms with E-state index in [4.69, 9.17) is 15.4 Å². The van der Waals surface area contributed by atoms with Crippen LogP contribution in [-0.2, 0) is 20.4 Å². The summed E-state index contributed by atoms with van der Waals surface area (Å²) in [5.41, 5.74) is 0.905. The van der Waals surface area contributed by atoms with Crippen molar-refractivity contribution in [2.45, 2.75) is 27.4 Å². The largest absolute Gasteiger partial charge is 0.376 e. The van der Waals surface area contributed by atoms with Gasteiger partial charge in [0.1, 0.15) is 0 Å². The second-order valence-electron chi connectivity index (χ2n) is 5.77. The molecule has 0 saturated carbocycles. The Morgan fingerprint density at radius 3 is 2.26 bits per heavy atom. The standard InChI is InChI=1S/C14H21ClO3S/c1-14(2,3)13(11-19(15,16)17)10-18-9-12-7-5-4-6-8-12/h4-8,13H,9-11H2,1-3H3. The zero-order valence-electron chi connectivity index (χ0n) is 11.6. The van der Waals surface area contributed by atoms with Crippen molar-refractivity contribution in [1.82, 2.24) is 0 Å². The van der Waals surface area contributed by atoms with Gasteiger partial charge >= 0.3 is 0 Å². The van der Waals surface area contributed by atoms with Crippen LogP contribution in [0.25, 0.3) is 0 Å². The number of hydrogen-bond donors (Lipinski definition) is 0. The summed E-state index contributed by atoms with van der Waals surface area (Å²) >= 11 is 0. The van der Waals surface area contributed by atoms with Gasteiger partial charge in [-0.25, -0.2) is 8.42 Å². The number of ether oxygens (including phenoxy) is 1. The van der Waals surface area contributed by atoms with Crippen LogP contribution in [0.15, 0.2) is 30.3 Å². The fraction of sp³-hybridized carbons (Fsp3) is 0.571. The molecule has 1 unspecified atom stereocenters. The topological polar surface area (TPSA) is 43.4 Å². The van der Waals surface area contributed by atoms with Crippen LogP contribution in [0.2, 0.25) is 0 Å². The third kappa shape index (κ3) is 6.95. The fourth-order valence-electron chi connectivity index (χ4n) is 1.68. The lowest BCUT2D eigenvalue weighted by Crippen LogP contribution is -2.30. The SMILES string of the molecule is CC(C)(C)C(COCc1ccccc1)CS(=O)(=O)Cl. The predicted octanol–water partition coefficient (Wildman–Crippen LogP) is 3.43. The van der Waals surface area contributed by atoms with E-state index in [-0.39, 0.29) is 17.1 Å². The first-order chi connectivity index (χ1) is 8.68. The van der Waals surface area contributed by atoms with Gasteiger partial charge in [0.15, 0.2) is 0 Å². The first kappa shape index (κ1) is 16.5. The van der Waals surface area contributed by atoms with E-state index in [2.05, 4.69) is 0 Å². The Bertz CT molecular complexity index is 477. The summed E-state index contributed by atoms with van der Waals surface area (Å²) in [4.78, 5) is 0. The molecule has 108 valence electrons. The summed E-state index contributed by atoms with van der Waals surface area (Å²) < 4.78 is 28.1. The van der Waals surface area contributed by atoms with Crippen LogP contribution in [0.4, 0.5) is 0 Å². The molecule has 1 aromatic carbocycles. The van der Waals surface area contributed by atoms with E-state index in [1.54, 1.807) is 0 Å². The summed E-state index contributed by atoms with van der Waals surface area (Å²) in [6.45, 7) is 6.84. The molecular formula is C14H21ClO3S. The molecule has 0 aliphatic rings. The minimum atomic E-state index is -3.51. The average molecular weight is 305 g/mol. The van der Waals surface area contributed by atoms with Crippen LogP contribution in [-0.4, -0.2) is 20.8 Å². The molecule has 0 spiro atoms. The first-order valence-corrected chi connectivity index (χ1v) is 8.70. The molecule has 0 saturated heterocycles. The Balaban J connectivity index is 2.55. The Hall–Kier alpha value is -0.580. The lowest BCUT2D eigenvalue weighted by molar-refractivity contribution is 0.0553. The molecule has 0 N–H and O–H groups in total. The lowest BCUT2D eigenvalue weighted by atomic mass is 9.82. The van der Waals surface area contributed by atoms with Gasteiger partial charge in [0, 0.05) is 16.6 Å². The minimum Gasteiger partial charge on any atom is -0.376 e. The van der Waals surface area contributed by atoms with Gasteiger partial charge in [-0.15, -0.1) is 0 Å². The third-order valence-corrected chi connectivity index (χ3v) is 4.23. The molecule has 5 heteroatoms. The lowest BCUT2D eigenvalue weighted by Gasteiger charge is -2.29. The molecule has 1 aromatic rings. The molecule has 0 heterocycles. The summed E-state index contributed by atoms with van der Waals surface area (Å²) in [7, 11) is 1.84. The van der Waals surface area contributed by atoms with E-state index in [0.717, 1.165) is 5.56 Å². The number of halogens is 1. The van der Waals surface area contributed by atoms with Crippen molar-refractivity contribution in [1.29, 1.82) is 0 Å². The summed E-state index contributed by atoms with van der Waals surface area (Å²) in [5, 5.41) is 0. The van der Waals surface area contributed by atoms with Gasteiger partial charge in [0.2, 0.25) is 9.05 Å². The highest BCUT2D eigenvalue weighted by atomic mass is 35.7. The van der Waals surface area contributed by atoms with Crippen molar-refractivity contribution >= 4 is 19.7 Å². The Morgan fingerprint density at radius 2 is 1.79 bits per heavy atom. The van der Waals surface area contributed by atoms with Crippen LogP contribution in [0, 0.1) is 11.3 Å². The maximum atomic E-state index is 11.2. The second kappa shape index (κ2) is 6.73. The minimum absolute atomic E-state index is 0.0627. The second-order valence-corrected chi connectivity index (χ2v) is 8.59. The van der Waals surface area contributed by atoms with Crippen LogP contribution in [0.1, 0.15) is 26.3 Å². The molecule has 0 aliphatic carbocycles. The molecule has 0 amide bonds. The first-order valence-electron chi connectivity index (χ1n) is 6.22. The van der Waals surface area contributed by atoms with Gasteiger partial charge in [0.05, 0.1) is 19.0 Å². The monoisotopic (exact) mass is 304 g/mol. The van der Waals surface area contributed by atoms with Gasteiger partial charge < -0.3 is 4.74 Å². The van der Waals surface area contributed by atoms with Gasteiger partial charge in [-0.1, -0.05) is 51.1 Å². The van der Waals surface area contributed by atoms with Crippen molar-refractivity contribution in [3.05, 3.63) is 35.9 Å². The van der Waals surface area contributed by atoms with Gasteiger partial charge in [-0.05, 0) is 11.0 Å². The molecule has 0 radical (unpaired) electrons. The summed E-state index contributed by atoms with van der Waals surface area (Å²) in [5.74, 6) is -0.189. The number of benzene rings is 1. The van der Waals surface area contributed by atoms with E-state index < -0.39 is 9.05 Å². The molecular weight excluding hydrogens is 284 g/mol. The molecule has 0 aliphatic heterocycles. The average Bonchev–Trinajstić information content (AvgIpc) is 2.26. The van der Waals surface area contributed by atoms with Crippen LogP contribution in [0.3, 0.4) is 0 Å². The van der Waals surface area contributed by atoms with Crippen molar-refractivity contribution in [2.75, 3.05) is 12.4 Å². The molecule has 19 heavy (non-hydrogen) atoms. The van der Waals surface area contributed by atoms with Crippen LogP contribution >= 0.6 is 10.7 Å². The zero-order chi connectivity index (χ0) is 14.5. The number of rotatable bonds is 6. The zero-order valence-corrected chi connectivity index (χ0v) is 13.2. The summed E-state index contributed by atoms with van der Waals surface area (Å²) in [6, 6.07) is 9.79. The molecule has 0 fully saturated rings. The van der Waals surface area contributed by atoms with Crippen molar-refractivity contribution in [2.24, 2.45) is 11.3 Å². The smallest absolute Gasteiger partial charge is 0.232 e. The highest BCUT2D eigenvalue weighted by Gasteiger charge is 2.29. The maximum Gasteiger partial charge on any atom is 0.232 e. The van der Waals surface area contributed by atoms with Crippen LogP contribution in [0.5, 0.6) is 0 Å². The highest BCUT2D eigenvalue weighted by Crippen LogP contribution is 2.28. The van der Waals surface area contributed by atoms with E-state index in [1.165, 1.54) is 0 Å². The van der Waals surface area contributed by atoms with E-state index >= 15 is 0 Å². The van der Waals surface area contributed by atoms with Crippen molar-refractivity contribution in [3.63, 3.8) is 0 Å². The van der Waals surface area contributed by atoms with Crippen LogP contribution < -0.4 is 0 Å². The molecule has 0 bridgehead atoms. The van der Waals surface area contributed by atoms with Gasteiger partial charge in [0.25, 0.3) is 0 Å². The summed E-state index contributed by atoms with van der Waals surface area (Å²) in [6.07, 6.45) is 0. The van der Waals surface area contributed by atoms with E-state index in [0.29, 0.717) is 13.2 Å². The van der Waals surface area contributed by atoms with Crippen molar-refractivity contribution < 1.29 is 13.2 Å². The normalized spacial score (nSPS) is 14.3. The predicted molar refractivity (Wildman–Crippen MR) is 78.7 cm³/mol. The molecule has 3 nitrogen and oxygen atoms in total. The highest BCUT2D eigenvalue weighted by molar-refractivity contribution is 8.13. The van der Waals surface area contributed by atoms with Gasteiger partial charge in [-0.2, -0.15) is 0 Å². The number of hydrogen-bond acceptors (Lipinski definition) is 3. The Kier molecular flexibility index (Phi) is 5.83. The fourth-order valence-corrected chi connectivity index (χ4v) is 3.21. The quantitative estimate of drug-likeness (QED) is 0.756. The van der Waals surface area contributed by atoms with E-state index in [1.807, 2.05) is 51.1 Å².